The molecule has 2 rings (SSSR count). The minimum absolute atomic E-state index is 0.188. The Bertz CT molecular complexity index is 442. The van der Waals surface area contributed by atoms with Crippen LogP contribution in [0.2, 0.25) is 0 Å². The summed E-state index contributed by atoms with van der Waals surface area (Å²) in [5.41, 5.74) is 4.32. The van der Waals surface area contributed by atoms with Crippen LogP contribution in [0, 0.1) is 5.82 Å². The van der Waals surface area contributed by atoms with Crippen LogP contribution in [0.1, 0.15) is 18.4 Å². The van der Waals surface area contributed by atoms with Gasteiger partial charge in [0.25, 0.3) is 0 Å². The van der Waals surface area contributed by atoms with E-state index in [1.165, 1.54) is 6.07 Å². The highest BCUT2D eigenvalue weighted by atomic mass is 19.1. The second kappa shape index (κ2) is 5.04. The van der Waals surface area contributed by atoms with E-state index in [2.05, 4.69) is 0 Å². The Hall–Kier alpha value is -1.46. The van der Waals surface area contributed by atoms with Gasteiger partial charge in [0.2, 0.25) is 5.91 Å². The van der Waals surface area contributed by atoms with Crippen molar-refractivity contribution in [3.05, 3.63) is 35.6 Å². The zero-order valence-corrected chi connectivity index (χ0v) is 10.1. The number of carbonyl (C=O) groups excluding carboxylic acids is 1. The topological polar surface area (TPSA) is 66.6 Å². The van der Waals surface area contributed by atoms with Crippen LogP contribution < -0.4 is 5.73 Å². The van der Waals surface area contributed by atoms with Gasteiger partial charge >= 0.3 is 0 Å². The lowest BCUT2D eigenvalue weighted by molar-refractivity contribution is -0.120. The van der Waals surface area contributed by atoms with E-state index in [1.54, 1.807) is 18.2 Å². The third-order valence-electron chi connectivity index (χ3n) is 3.44. The molecule has 1 aromatic carbocycles. The van der Waals surface area contributed by atoms with Crippen molar-refractivity contribution in [2.24, 2.45) is 5.73 Å². The molecule has 1 aromatic rings. The molecule has 0 aliphatic carbocycles. The highest BCUT2D eigenvalue weighted by Crippen LogP contribution is 2.33. The van der Waals surface area contributed by atoms with Gasteiger partial charge in [-0.3, -0.25) is 9.69 Å². The van der Waals surface area contributed by atoms with Crippen LogP contribution in [0.4, 0.5) is 4.39 Å². The minimum atomic E-state index is -1.14. The van der Waals surface area contributed by atoms with Crippen molar-refractivity contribution in [3.63, 3.8) is 0 Å². The summed E-state index contributed by atoms with van der Waals surface area (Å²) in [6, 6.07) is 6.28. The van der Waals surface area contributed by atoms with E-state index in [4.69, 9.17) is 5.73 Å². The molecule has 0 saturated carbocycles. The largest absolute Gasteiger partial charge is 0.385 e. The van der Waals surface area contributed by atoms with Crippen LogP contribution in [-0.4, -0.2) is 35.5 Å². The second-order valence-electron chi connectivity index (χ2n) is 4.75. The number of amides is 1. The standard InChI is InChI=1S/C13H17FN2O2/c14-11-4-2-1-3-10(11)13(18)5-7-16(8-6-13)9-12(15)17/h1-4,18H,5-9H2,(H2,15,17). The Labute approximate surface area is 105 Å². The zero-order valence-electron chi connectivity index (χ0n) is 10.1. The molecule has 18 heavy (non-hydrogen) atoms. The summed E-state index contributed by atoms with van der Waals surface area (Å²) in [4.78, 5) is 12.7. The predicted molar refractivity (Wildman–Crippen MR) is 65.2 cm³/mol. The number of primary amides is 1. The van der Waals surface area contributed by atoms with Crippen molar-refractivity contribution >= 4 is 5.91 Å². The van der Waals surface area contributed by atoms with Crippen molar-refractivity contribution in [1.82, 2.24) is 4.90 Å². The van der Waals surface area contributed by atoms with Gasteiger partial charge in [-0.1, -0.05) is 18.2 Å². The number of rotatable bonds is 3. The van der Waals surface area contributed by atoms with E-state index >= 15 is 0 Å². The summed E-state index contributed by atoms with van der Waals surface area (Å²) in [6.45, 7) is 1.26. The average Bonchev–Trinajstić information content (AvgIpc) is 2.32. The number of nitrogens with zero attached hydrogens (tertiary/aromatic N) is 1. The number of benzene rings is 1. The second-order valence-corrected chi connectivity index (χ2v) is 4.75. The molecule has 0 bridgehead atoms. The molecule has 5 heteroatoms. The predicted octanol–water partition coefficient (Wildman–Crippen LogP) is 0.594. The fourth-order valence-electron chi connectivity index (χ4n) is 2.41. The van der Waals surface area contributed by atoms with Crippen LogP contribution in [0.15, 0.2) is 24.3 Å². The molecule has 1 amide bonds. The van der Waals surface area contributed by atoms with Crippen LogP contribution >= 0.6 is 0 Å². The number of likely N-dealkylation sites (tertiary alicyclic amines) is 1. The Morgan fingerprint density at radius 2 is 2.00 bits per heavy atom. The van der Waals surface area contributed by atoms with Gasteiger partial charge < -0.3 is 10.8 Å². The molecule has 1 aliphatic heterocycles. The van der Waals surface area contributed by atoms with Gasteiger partial charge in [-0.2, -0.15) is 0 Å². The Morgan fingerprint density at radius 1 is 1.39 bits per heavy atom. The molecular weight excluding hydrogens is 235 g/mol. The van der Waals surface area contributed by atoms with Crippen LogP contribution in [0.25, 0.3) is 0 Å². The lowest BCUT2D eigenvalue weighted by Gasteiger charge is -2.38. The summed E-state index contributed by atoms with van der Waals surface area (Å²) < 4.78 is 13.7. The molecule has 4 nitrogen and oxygen atoms in total. The molecule has 3 N–H and O–H groups in total. The van der Waals surface area contributed by atoms with E-state index in [1.807, 2.05) is 4.90 Å². The molecule has 0 radical (unpaired) electrons. The zero-order chi connectivity index (χ0) is 13.2. The molecule has 0 aromatic heterocycles. The number of aliphatic hydroxyl groups is 1. The molecule has 0 atom stereocenters. The number of halogens is 1. The van der Waals surface area contributed by atoms with Crippen molar-refractivity contribution in [2.45, 2.75) is 18.4 Å². The number of piperidine rings is 1. The first-order valence-corrected chi connectivity index (χ1v) is 5.99. The normalized spacial score (nSPS) is 19.7. The SMILES string of the molecule is NC(=O)CN1CCC(O)(c2ccccc2F)CC1. The van der Waals surface area contributed by atoms with Crippen LogP contribution in [0.3, 0.4) is 0 Å². The molecule has 0 unspecified atom stereocenters. The fourth-order valence-corrected chi connectivity index (χ4v) is 2.41. The van der Waals surface area contributed by atoms with Gasteiger partial charge in [-0.05, 0) is 18.9 Å². The Morgan fingerprint density at radius 3 is 2.56 bits per heavy atom. The molecule has 1 aliphatic rings. The molecule has 1 heterocycles. The first kappa shape index (κ1) is 13.0. The van der Waals surface area contributed by atoms with Gasteiger partial charge in [-0.15, -0.1) is 0 Å². The lowest BCUT2D eigenvalue weighted by Crippen LogP contribution is -2.45. The first-order chi connectivity index (χ1) is 8.51. The first-order valence-electron chi connectivity index (χ1n) is 5.99. The fraction of sp³-hybridized carbons (Fsp3) is 0.462. The molecule has 0 spiro atoms. The quantitative estimate of drug-likeness (QED) is 0.827. The van der Waals surface area contributed by atoms with E-state index < -0.39 is 5.60 Å². The van der Waals surface area contributed by atoms with Crippen molar-refractivity contribution in [1.29, 1.82) is 0 Å². The van der Waals surface area contributed by atoms with Crippen LogP contribution in [0.5, 0.6) is 0 Å². The van der Waals surface area contributed by atoms with Crippen molar-refractivity contribution in [3.8, 4) is 0 Å². The van der Waals surface area contributed by atoms with E-state index in [0.29, 0.717) is 31.5 Å². The molecular formula is C13H17FN2O2. The minimum Gasteiger partial charge on any atom is -0.385 e. The number of nitrogens with two attached hydrogens (primary N) is 1. The van der Waals surface area contributed by atoms with Crippen molar-refractivity contribution < 1.29 is 14.3 Å². The van der Waals surface area contributed by atoms with Gasteiger partial charge in [0.05, 0.1) is 12.1 Å². The van der Waals surface area contributed by atoms with Gasteiger partial charge in [0.1, 0.15) is 5.82 Å². The highest BCUT2D eigenvalue weighted by molar-refractivity contribution is 5.75. The van der Waals surface area contributed by atoms with Gasteiger partial charge in [-0.25, -0.2) is 4.39 Å². The smallest absolute Gasteiger partial charge is 0.231 e. The van der Waals surface area contributed by atoms with Gasteiger partial charge in [0.15, 0.2) is 0 Å². The molecule has 98 valence electrons. The summed E-state index contributed by atoms with van der Waals surface area (Å²) in [7, 11) is 0. The number of hydrogen-bond acceptors (Lipinski definition) is 3. The molecule has 1 fully saturated rings. The maximum Gasteiger partial charge on any atom is 0.231 e. The van der Waals surface area contributed by atoms with Crippen LogP contribution in [-0.2, 0) is 10.4 Å². The summed E-state index contributed by atoms with van der Waals surface area (Å²) in [6.07, 6.45) is 0.808. The van der Waals surface area contributed by atoms with Gasteiger partial charge in [0, 0.05) is 18.7 Å². The maximum absolute atomic E-state index is 13.7. The highest BCUT2D eigenvalue weighted by Gasteiger charge is 2.35. The van der Waals surface area contributed by atoms with Crippen molar-refractivity contribution in [2.75, 3.05) is 19.6 Å². The number of carbonyl (C=O) groups is 1. The molecule has 1 saturated heterocycles. The third kappa shape index (κ3) is 2.68. The summed E-state index contributed by atoms with van der Waals surface area (Å²) in [5.74, 6) is -0.769. The lowest BCUT2D eigenvalue weighted by atomic mass is 9.84. The summed E-state index contributed by atoms with van der Waals surface area (Å²) in [5, 5.41) is 10.5. The summed E-state index contributed by atoms with van der Waals surface area (Å²) >= 11 is 0. The average molecular weight is 252 g/mol. The van der Waals surface area contributed by atoms with E-state index in [9.17, 15) is 14.3 Å². The maximum atomic E-state index is 13.7. The Kier molecular flexibility index (Phi) is 3.63. The third-order valence-corrected chi connectivity index (χ3v) is 3.44. The monoisotopic (exact) mass is 252 g/mol. The number of hydrogen-bond donors (Lipinski definition) is 2. The van der Waals surface area contributed by atoms with E-state index in [0.717, 1.165) is 0 Å². The Balaban J connectivity index is 2.08. The van der Waals surface area contributed by atoms with E-state index in [-0.39, 0.29) is 18.3 Å².